The third kappa shape index (κ3) is 5.29. The molecule has 1 atom stereocenters. The molecule has 1 heterocycles. The number of esters is 1. The second-order valence-electron chi connectivity index (χ2n) is 9.96. The summed E-state index contributed by atoms with van der Waals surface area (Å²) >= 11 is 5.99. The zero-order chi connectivity index (χ0) is 26.0. The first-order valence-electron chi connectivity index (χ1n) is 12.1. The molecule has 0 bridgehead atoms. The van der Waals surface area contributed by atoms with Gasteiger partial charge in [0.15, 0.2) is 5.78 Å². The predicted molar refractivity (Wildman–Crippen MR) is 139 cm³/mol. The van der Waals surface area contributed by atoms with Gasteiger partial charge >= 0.3 is 5.97 Å². The molecule has 0 radical (unpaired) electrons. The van der Waals surface area contributed by atoms with Crippen molar-refractivity contribution in [1.82, 2.24) is 5.32 Å². The first-order chi connectivity index (χ1) is 17.1. The summed E-state index contributed by atoms with van der Waals surface area (Å²) in [5.41, 5.74) is 4.13. The second kappa shape index (κ2) is 10.4. The van der Waals surface area contributed by atoms with Gasteiger partial charge in [-0.1, -0.05) is 31.5 Å². The summed E-state index contributed by atoms with van der Waals surface area (Å²) < 4.78 is 17.0. The molecular weight excluding hydrogens is 478 g/mol. The van der Waals surface area contributed by atoms with Gasteiger partial charge in [0.2, 0.25) is 0 Å². The Bertz CT molecular complexity index is 1240. The summed E-state index contributed by atoms with van der Waals surface area (Å²) in [5.74, 6) is 0.412. The predicted octanol–water partition coefficient (Wildman–Crippen LogP) is 6.09. The molecule has 190 valence electrons. The molecule has 1 aliphatic heterocycles. The molecule has 1 N–H and O–H groups in total. The van der Waals surface area contributed by atoms with E-state index in [0.29, 0.717) is 39.8 Å². The lowest BCUT2D eigenvalue weighted by Crippen LogP contribution is -2.38. The standard InChI is InChI=1S/C29H32ClNO5/c1-6-35-28(33)25-17(2)31-22-14-29(3,4)15-23(32)27(22)26(25)18-7-12-24(34-5)19(13-18)16-36-21-10-8-20(30)9-11-21/h7-13,26,31H,6,14-16H2,1-5H3. The third-order valence-corrected chi connectivity index (χ3v) is 6.83. The van der Waals surface area contributed by atoms with Gasteiger partial charge in [0.25, 0.3) is 0 Å². The van der Waals surface area contributed by atoms with Gasteiger partial charge in [0, 0.05) is 39.9 Å². The van der Waals surface area contributed by atoms with E-state index in [1.807, 2.05) is 25.1 Å². The van der Waals surface area contributed by atoms with Crippen molar-refractivity contribution in [3.05, 3.63) is 81.2 Å². The molecule has 1 aliphatic carbocycles. The van der Waals surface area contributed by atoms with Crippen LogP contribution in [0.2, 0.25) is 5.02 Å². The Morgan fingerprint density at radius 1 is 1.14 bits per heavy atom. The quantitative estimate of drug-likeness (QED) is 0.455. The largest absolute Gasteiger partial charge is 0.496 e. The summed E-state index contributed by atoms with van der Waals surface area (Å²) in [5, 5.41) is 3.99. The minimum Gasteiger partial charge on any atom is -0.496 e. The van der Waals surface area contributed by atoms with Crippen LogP contribution in [-0.4, -0.2) is 25.5 Å². The number of hydrogen-bond acceptors (Lipinski definition) is 6. The highest BCUT2D eigenvalue weighted by molar-refractivity contribution is 6.30. The van der Waals surface area contributed by atoms with Gasteiger partial charge in [0.1, 0.15) is 18.1 Å². The Balaban J connectivity index is 1.78. The number of hydrogen-bond donors (Lipinski definition) is 1. The molecule has 6 nitrogen and oxygen atoms in total. The molecule has 2 aliphatic rings. The monoisotopic (exact) mass is 509 g/mol. The van der Waals surface area contributed by atoms with E-state index in [2.05, 4.69) is 19.2 Å². The zero-order valence-corrected chi connectivity index (χ0v) is 22.1. The first-order valence-corrected chi connectivity index (χ1v) is 12.5. The van der Waals surface area contributed by atoms with Crippen LogP contribution in [0.25, 0.3) is 0 Å². The molecule has 0 amide bonds. The van der Waals surface area contributed by atoms with Crippen LogP contribution in [0.5, 0.6) is 11.5 Å². The van der Waals surface area contributed by atoms with E-state index in [-0.39, 0.29) is 24.4 Å². The Morgan fingerprint density at radius 3 is 2.53 bits per heavy atom. The van der Waals surface area contributed by atoms with Crippen LogP contribution in [0, 0.1) is 5.41 Å². The molecule has 0 saturated heterocycles. The molecule has 0 aromatic heterocycles. The van der Waals surface area contributed by atoms with Crippen molar-refractivity contribution in [1.29, 1.82) is 0 Å². The fraction of sp³-hybridized carbons (Fsp3) is 0.379. The maximum absolute atomic E-state index is 13.5. The normalized spacial score (nSPS) is 18.9. The van der Waals surface area contributed by atoms with Gasteiger partial charge in [-0.3, -0.25) is 4.79 Å². The first kappa shape index (κ1) is 25.8. The SMILES string of the molecule is CCOC(=O)C1=C(C)NC2=C(C(=O)CC(C)(C)C2)C1c1ccc(OC)c(COc2ccc(Cl)cc2)c1. The van der Waals surface area contributed by atoms with Crippen LogP contribution < -0.4 is 14.8 Å². The van der Waals surface area contributed by atoms with Crippen molar-refractivity contribution < 1.29 is 23.8 Å². The number of allylic oxidation sites excluding steroid dienone is 3. The van der Waals surface area contributed by atoms with Crippen molar-refractivity contribution in [3.63, 3.8) is 0 Å². The summed E-state index contributed by atoms with van der Waals surface area (Å²) in [6.45, 7) is 8.31. The number of dihydropyridines is 1. The lowest BCUT2D eigenvalue weighted by atomic mass is 9.68. The van der Waals surface area contributed by atoms with Crippen LogP contribution in [0.4, 0.5) is 0 Å². The summed E-state index contributed by atoms with van der Waals surface area (Å²) in [6, 6.07) is 12.9. The highest BCUT2D eigenvalue weighted by atomic mass is 35.5. The topological polar surface area (TPSA) is 73.9 Å². The number of carbonyl (C=O) groups excluding carboxylic acids is 2. The van der Waals surface area contributed by atoms with E-state index in [0.717, 1.165) is 23.2 Å². The van der Waals surface area contributed by atoms with E-state index in [1.165, 1.54) is 0 Å². The number of ketones is 1. The van der Waals surface area contributed by atoms with Crippen molar-refractivity contribution in [3.8, 4) is 11.5 Å². The fourth-order valence-corrected chi connectivity index (χ4v) is 5.16. The Morgan fingerprint density at radius 2 is 1.86 bits per heavy atom. The summed E-state index contributed by atoms with van der Waals surface area (Å²) in [6.07, 6.45) is 1.14. The average Bonchev–Trinajstić information content (AvgIpc) is 2.82. The maximum Gasteiger partial charge on any atom is 0.336 e. The number of methoxy groups -OCH3 is 1. The Hall–Kier alpha value is -3.25. The van der Waals surface area contributed by atoms with E-state index in [4.69, 9.17) is 25.8 Å². The number of Topliss-reactive ketones (excluding diaryl/α,β-unsaturated/α-hetero) is 1. The number of carbonyl (C=O) groups is 2. The lowest BCUT2D eigenvalue weighted by Gasteiger charge is -2.39. The fourth-order valence-electron chi connectivity index (χ4n) is 5.03. The number of nitrogens with one attached hydrogen (secondary N) is 1. The molecule has 4 rings (SSSR count). The van der Waals surface area contributed by atoms with Gasteiger partial charge < -0.3 is 19.5 Å². The second-order valence-corrected chi connectivity index (χ2v) is 10.4. The molecule has 1 unspecified atom stereocenters. The van der Waals surface area contributed by atoms with E-state index in [9.17, 15) is 9.59 Å². The molecular formula is C29H32ClNO5. The molecule has 7 heteroatoms. The maximum atomic E-state index is 13.5. The number of rotatable bonds is 7. The van der Waals surface area contributed by atoms with E-state index < -0.39 is 11.9 Å². The number of halogens is 1. The van der Waals surface area contributed by atoms with Gasteiger partial charge in [-0.05, 0) is 67.6 Å². The molecule has 0 fully saturated rings. The Kier molecular flexibility index (Phi) is 7.46. The summed E-state index contributed by atoms with van der Waals surface area (Å²) in [7, 11) is 1.60. The van der Waals surface area contributed by atoms with Crippen LogP contribution in [0.1, 0.15) is 57.6 Å². The zero-order valence-electron chi connectivity index (χ0n) is 21.4. The van der Waals surface area contributed by atoms with Crippen molar-refractivity contribution in [2.45, 2.75) is 53.1 Å². The van der Waals surface area contributed by atoms with Crippen molar-refractivity contribution >= 4 is 23.4 Å². The minimum atomic E-state index is -0.538. The smallest absolute Gasteiger partial charge is 0.336 e. The lowest BCUT2D eigenvalue weighted by molar-refractivity contribution is -0.138. The highest BCUT2D eigenvalue weighted by Gasteiger charge is 2.43. The van der Waals surface area contributed by atoms with Crippen LogP contribution in [0.15, 0.2) is 65.0 Å². The Labute approximate surface area is 217 Å². The average molecular weight is 510 g/mol. The van der Waals surface area contributed by atoms with Gasteiger partial charge in [-0.15, -0.1) is 0 Å². The van der Waals surface area contributed by atoms with Crippen LogP contribution in [0.3, 0.4) is 0 Å². The summed E-state index contributed by atoms with van der Waals surface area (Å²) in [4.78, 5) is 26.6. The molecule has 36 heavy (non-hydrogen) atoms. The van der Waals surface area contributed by atoms with Gasteiger partial charge in [-0.25, -0.2) is 4.79 Å². The molecule has 2 aromatic carbocycles. The van der Waals surface area contributed by atoms with E-state index in [1.54, 1.807) is 38.3 Å². The van der Waals surface area contributed by atoms with Gasteiger partial charge in [-0.2, -0.15) is 0 Å². The molecule has 0 spiro atoms. The highest BCUT2D eigenvalue weighted by Crippen LogP contribution is 2.47. The molecule has 0 saturated carbocycles. The van der Waals surface area contributed by atoms with E-state index >= 15 is 0 Å². The molecule has 2 aromatic rings. The van der Waals surface area contributed by atoms with Crippen LogP contribution >= 0.6 is 11.6 Å². The van der Waals surface area contributed by atoms with Crippen LogP contribution in [-0.2, 0) is 20.9 Å². The van der Waals surface area contributed by atoms with Crippen molar-refractivity contribution in [2.24, 2.45) is 5.41 Å². The minimum absolute atomic E-state index is 0.0443. The third-order valence-electron chi connectivity index (χ3n) is 6.58. The number of benzene rings is 2. The number of ether oxygens (including phenoxy) is 3. The van der Waals surface area contributed by atoms with Crippen molar-refractivity contribution in [2.75, 3.05) is 13.7 Å². The van der Waals surface area contributed by atoms with Gasteiger partial charge in [0.05, 0.1) is 19.3 Å².